The van der Waals surface area contributed by atoms with Crippen LogP contribution in [-0.4, -0.2) is 5.78 Å². The molecule has 0 heterocycles. The Morgan fingerprint density at radius 2 is 1.08 bits per heavy atom. The van der Waals surface area contributed by atoms with E-state index in [1.54, 1.807) is 6.92 Å². The van der Waals surface area contributed by atoms with Gasteiger partial charge in [0.1, 0.15) is 5.78 Å². The Kier molecular flexibility index (Phi) is 18.6. The fourth-order valence-electron chi connectivity index (χ4n) is 2.37. The normalized spacial score (nSPS) is 12.4. The lowest BCUT2D eigenvalue weighted by Gasteiger charge is -1.95. The molecule has 0 saturated heterocycles. The Morgan fingerprint density at radius 3 is 1.54 bits per heavy atom. The van der Waals surface area contributed by atoms with Gasteiger partial charge in [0.05, 0.1) is 0 Å². The minimum Gasteiger partial charge on any atom is -0.300 e. The Labute approximate surface area is 150 Å². The van der Waals surface area contributed by atoms with Crippen molar-refractivity contribution in [1.82, 2.24) is 0 Å². The predicted octanol–water partition coefficient (Wildman–Crippen LogP) is 7.50. The van der Waals surface area contributed by atoms with Gasteiger partial charge in [0, 0.05) is 6.42 Å². The van der Waals surface area contributed by atoms with Gasteiger partial charge in [-0.25, -0.2) is 0 Å². The molecule has 0 spiro atoms. The molecule has 24 heavy (non-hydrogen) atoms. The van der Waals surface area contributed by atoms with Crippen molar-refractivity contribution in [3.05, 3.63) is 48.6 Å². The molecule has 0 aromatic rings. The van der Waals surface area contributed by atoms with Crippen LogP contribution in [0.3, 0.4) is 0 Å². The average molecular weight is 331 g/mol. The van der Waals surface area contributed by atoms with Crippen LogP contribution >= 0.6 is 0 Å². The first kappa shape index (κ1) is 22.6. The van der Waals surface area contributed by atoms with E-state index in [1.807, 2.05) is 0 Å². The molecule has 136 valence electrons. The molecule has 1 nitrogen and oxygen atoms in total. The van der Waals surface area contributed by atoms with E-state index in [4.69, 9.17) is 0 Å². The van der Waals surface area contributed by atoms with Gasteiger partial charge in [0.25, 0.3) is 0 Å². The molecule has 0 amide bonds. The van der Waals surface area contributed by atoms with Crippen LogP contribution in [-0.2, 0) is 4.79 Å². The highest BCUT2D eigenvalue weighted by Gasteiger charge is 1.92. The van der Waals surface area contributed by atoms with Crippen molar-refractivity contribution >= 4 is 5.78 Å². The first-order valence-electron chi connectivity index (χ1n) is 9.86. The molecule has 0 aromatic carbocycles. The maximum Gasteiger partial charge on any atom is 0.129 e. The predicted molar refractivity (Wildman–Crippen MR) is 108 cm³/mol. The maximum atomic E-state index is 10.8. The molecule has 0 N–H and O–H groups in total. The van der Waals surface area contributed by atoms with Gasteiger partial charge >= 0.3 is 0 Å². The molecule has 0 aliphatic rings. The summed E-state index contributed by atoms with van der Waals surface area (Å²) in [4.78, 5) is 10.8. The van der Waals surface area contributed by atoms with E-state index in [1.165, 1.54) is 32.1 Å². The summed E-state index contributed by atoms with van der Waals surface area (Å²) in [7, 11) is 0. The quantitative estimate of drug-likeness (QED) is 0.211. The molecule has 1 heteroatoms. The molecular formula is C23H38O. The van der Waals surface area contributed by atoms with E-state index >= 15 is 0 Å². The zero-order valence-corrected chi connectivity index (χ0v) is 16.0. The highest BCUT2D eigenvalue weighted by atomic mass is 16.1. The Balaban J connectivity index is 3.37. The van der Waals surface area contributed by atoms with Gasteiger partial charge in [0.15, 0.2) is 0 Å². The Bertz CT molecular complexity index is 385. The SMILES string of the molecule is CCCCC/C=C\C/C=C\C/C=C\C/C=C\CCCCCC(C)=O. The van der Waals surface area contributed by atoms with Gasteiger partial charge in [-0.15, -0.1) is 0 Å². The third-order valence-corrected chi connectivity index (χ3v) is 3.86. The number of carbonyl (C=O) groups excluding carboxylic acids is 1. The van der Waals surface area contributed by atoms with Crippen molar-refractivity contribution in [2.24, 2.45) is 0 Å². The highest BCUT2D eigenvalue weighted by Crippen LogP contribution is 2.04. The van der Waals surface area contributed by atoms with Gasteiger partial charge < -0.3 is 4.79 Å². The average Bonchev–Trinajstić information content (AvgIpc) is 2.56. The molecule has 0 radical (unpaired) electrons. The summed E-state index contributed by atoms with van der Waals surface area (Å²) in [5, 5.41) is 0. The summed E-state index contributed by atoms with van der Waals surface area (Å²) < 4.78 is 0. The van der Waals surface area contributed by atoms with Gasteiger partial charge in [-0.2, -0.15) is 0 Å². The number of rotatable bonds is 16. The van der Waals surface area contributed by atoms with Gasteiger partial charge in [0.2, 0.25) is 0 Å². The first-order chi connectivity index (χ1) is 11.8. The van der Waals surface area contributed by atoms with Gasteiger partial charge in [-0.05, 0) is 58.3 Å². The molecule has 0 unspecified atom stereocenters. The lowest BCUT2D eigenvalue weighted by atomic mass is 10.1. The number of hydrogen-bond acceptors (Lipinski definition) is 1. The topological polar surface area (TPSA) is 17.1 Å². The smallest absolute Gasteiger partial charge is 0.129 e. The van der Waals surface area contributed by atoms with Crippen molar-refractivity contribution in [1.29, 1.82) is 0 Å². The molecule has 0 rings (SSSR count). The number of unbranched alkanes of at least 4 members (excludes halogenated alkanes) is 6. The number of carbonyl (C=O) groups is 1. The van der Waals surface area contributed by atoms with Crippen LogP contribution < -0.4 is 0 Å². The summed E-state index contributed by atoms with van der Waals surface area (Å²) in [6.45, 7) is 3.92. The highest BCUT2D eigenvalue weighted by molar-refractivity contribution is 5.75. The molecular weight excluding hydrogens is 292 g/mol. The monoisotopic (exact) mass is 330 g/mol. The van der Waals surface area contributed by atoms with Crippen LogP contribution in [0.25, 0.3) is 0 Å². The second kappa shape index (κ2) is 19.7. The number of Topliss-reactive ketones (excluding diaryl/α,β-unsaturated/α-hetero) is 1. The van der Waals surface area contributed by atoms with Crippen LogP contribution in [0.1, 0.15) is 90.9 Å². The summed E-state index contributed by atoms with van der Waals surface area (Å²) in [6.07, 6.45) is 31.6. The molecule has 0 atom stereocenters. The Morgan fingerprint density at radius 1 is 0.625 bits per heavy atom. The van der Waals surface area contributed by atoms with Crippen LogP contribution in [0.15, 0.2) is 48.6 Å². The molecule has 0 saturated carbocycles. The van der Waals surface area contributed by atoms with E-state index in [-0.39, 0.29) is 0 Å². The molecule has 0 aromatic heterocycles. The number of ketones is 1. The van der Waals surface area contributed by atoms with Gasteiger partial charge in [-0.1, -0.05) is 74.8 Å². The lowest BCUT2D eigenvalue weighted by molar-refractivity contribution is -0.117. The fourth-order valence-corrected chi connectivity index (χ4v) is 2.37. The van der Waals surface area contributed by atoms with Crippen LogP contribution in [0, 0.1) is 0 Å². The number of hydrogen-bond donors (Lipinski definition) is 0. The zero-order valence-electron chi connectivity index (χ0n) is 16.0. The zero-order chi connectivity index (χ0) is 17.7. The van der Waals surface area contributed by atoms with E-state index < -0.39 is 0 Å². The van der Waals surface area contributed by atoms with Crippen molar-refractivity contribution in [3.8, 4) is 0 Å². The standard InChI is InChI=1S/C23H38O/c1-3-4-5-6-7-8-9-10-11-12-13-14-15-16-17-18-19-20-21-22-23(2)24/h7-8,10-11,13-14,16-17H,3-6,9,12,15,18-22H2,1-2H3/b8-7-,11-10-,14-13-,17-16-. The Hall–Kier alpha value is -1.37. The maximum absolute atomic E-state index is 10.8. The van der Waals surface area contributed by atoms with Crippen LogP contribution in [0.2, 0.25) is 0 Å². The summed E-state index contributed by atoms with van der Waals surface area (Å²) in [5.41, 5.74) is 0. The molecule has 0 aliphatic carbocycles. The minimum absolute atomic E-state index is 0.313. The largest absolute Gasteiger partial charge is 0.300 e. The van der Waals surface area contributed by atoms with Crippen molar-refractivity contribution in [2.45, 2.75) is 90.9 Å². The molecule has 0 fully saturated rings. The minimum atomic E-state index is 0.313. The van der Waals surface area contributed by atoms with Crippen LogP contribution in [0.5, 0.6) is 0 Å². The van der Waals surface area contributed by atoms with Crippen LogP contribution in [0.4, 0.5) is 0 Å². The van der Waals surface area contributed by atoms with Gasteiger partial charge in [-0.3, -0.25) is 0 Å². The third-order valence-electron chi connectivity index (χ3n) is 3.86. The van der Waals surface area contributed by atoms with E-state index in [0.717, 1.165) is 44.9 Å². The summed E-state index contributed by atoms with van der Waals surface area (Å²) in [5.74, 6) is 0.313. The molecule has 0 bridgehead atoms. The van der Waals surface area contributed by atoms with E-state index in [9.17, 15) is 4.79 Å². The first-order valence-corrected chi connectivity index (χ1v) is 9.86. The second-order valence-corrected chi connectivity index (χ2v) is 6.39. The second-order valence-electron chi connectivity index (χ2n) is 6.39. The van der Waals surface area contributed by atoms with Crippen molar-refractivity contribution in [2.75, 3.05) is 0 Å². The van der Waals surface area contributed by atoms with E-state index in [0.29, 0.717) is 5.78 Å². The third kappa shape index (κ3) is 20.6. The summed E-state index contributed by atoms with van der Waals surface area (Å²) in [6, 6.07) is 0. The lowest BCUT2D eigenvalue weighted by Crippen LogP contribution is -1.88. The van der Waals surface area contributed by atoms with Crippen molar-refractivity contribution < 1.29 is 4.79 Å². The fraction of sp³-hybridized carbons (Fsp3) is 0.609. The van der Waals surface area contributed by atoms with Crippen molar-refractivity contribution in [3.63, 3.8) is 0 Å². The van der Waals surface area contributed by atoms with E-state index in [2.05, 4.69) is 55.5 Å². The molecule has 0 aliphatic heterocycles. The summed E-state index contributed by atoms with van der Waals surface area (Å²) >= 11 is 0. The number of allylic oxidation sites excluding steroid dienone is 8.